The Labute approximate surface area is 83.4 Å². The molecule has 1 rings (SSSR count). The zero-order chi connectivity index (χ0) is 10.7. The van der Waals surface area contributed by atoms with Gasteiger partial charge >= 0.3 is 0 Å². The molecule has 0 spiro atoms. The minimum absolute atomic E-state index is 0.421. The lowest BCUT2D eigenvalue weighted by atomic mass is 10.1. The zero-order valence-corrected chi connectivity index (χ0v) is 8.50. The first-order valence-corrected chi connectivity index (χ1v) is 4.61. The van der Waals surface area contributed by atoms with E-state index >= 15 is 0 Å². The van der Waals surface area contributed by atoms with Crippen LogP contribution in [0.2, 0.25) is 0 Å². The summed E-state index contributed by atoms with van der Waals surface area (Å²) in [6, 6.07) is -0.688. The van der Waals surface area contributed by atoms with Crippen LogP contribution in [0.15, 0.2) is 36.1 Å². The van der Waals surface area contributed by atoms with Gasteiger partial charge in [-0.15, -0.1) is 0 Å². The van der Waals surface area contributed by atoms with E-state index in [9.17, 15) is 8.78 Å². The number of hydrogen-bond donors (Lipinski definition) is 0. The molecule has 0 aromatic carbocycles. The van der Waals surface area contributed by atoms with E-state index in [-0.39, 0.29) is 0 Å². The zero-order valence-electron chi connectivity index (χ0n) is 8.50. The van der Waals surface area contributed by atoms with Crippen molar-refractivity contribution in [2.75, 3.05) is 7.05 Å². The summed E-state index contributed by atoms with van der Waals surface area (Å²) >= 11 is 0. The lowest BCUT2D eigenvalue weighted by Gasteiger charge is -2.21. The highest BCUT2D eigenvalue weighted by atomic mass is 19.3. The third-order valence-electron chi connectivity index (χ3n) is 2.55. The Hall–Kier alpha value is -1.12. The molecule has 1 aliphatic rings. The second kappa shape index (κ2) is 4.40. The smallest absolute Gasteiger partial charge is 0.258 e. The van der Waals surface area contributed by atoms with Crippen molar-refractivity contribution < 1.29 is 8.78 Å². The highest BCUT2D eigenvalue weighted by Gasteiger charge is 2.34. The van der Waals surface area contributed by atoms with Gasteiger partial charge in [-0.05, 0) is 25.0 Å². The molecule has 0 N–H and O–H groups in total. The first-order valence-electron chi connectivity index (χ1n) is 4.61. The number of allylic oxidation sites excluding steroid dienone is 4. The lowest BCUT2D eigenvalue weighted by molar-refractivity contribution is 0.0664. The molecular formula is C11H15F2N. The molecule has 3 heteroatoms. The number of likely N-dealkylation sites (N-methyl/N-ethyl adjacent to an activating group) is 1. The summed E-state index contributed by atoms with van der Waals surface area (Å²) in [6.45, 7) is 5.45. The van der Waals surface area contributed by atoms with Gasteiger partial charge in [0.25, 0.3) is 6.43 Å². The maximum atomic E-state index is 12.6. The molecule has 1 unspecified atom stereocenters. The van der Waals surface area contributed by atoms with Crippen molar-refractivity contribution in [3.8, 4) is 0 Å². The van der Waals surface area contributed by atoms with Crippen molar-refractivity contribution in [3.05, 3.63) is 36.1 Å². The van der Waals surface area contributed by atoms with Crippen LogP contribution < -0.4 is 0 Å². The highest BCUT2D eigenvalue weighted by molar-refractivity contribution is 5.37. The average Bonchev–Trinajstić information content (AvgIpc) is 2.45. The Kier molecular flexibility index (Phi) is 3.44. The van der Waals surface area contributed by atoms with E-state index in [4.69, 9.17) is 0 Å². The van der Waals surface area contributed by atoms with Crippen LogP contribution in [0.25, 0.3) is 0 Å². The molecule has 0 radical (unpaired) electrons. The van der Waals surface area contributed by atoms with Gasteiger partial charge in [-0.25, -0.2) is 8.78 Å². The number of likely N-dealkylation sites (tertiary alicyclic amines) is 1. The van der Waals surface area contributed by atoms with Gasteiger partial charge in [0.2, 0.25) is 0 Å². The topological polar surface area (TPSA) is 3.24 Å². The molecule has 1 saturated heterocycles. The second-order valence-electron chi connectivity index (χ2n) is 3.32. The second-order valence-corrected chi connectivity index (χ2v) is 3.32. The van der Waals surface area contributed by atoms with E-state index in [0.717, 1.165) is 11.3 Å². The van der Waals surface area contributed by atoms with E-state index in [1.807, 2.05) is 13.0 Å². The van der Waals surface area contributed by atoms with Crippen LogP contribution in [0.5, 0.6) is 0 Å². The Morgan fingerprint density at radius 1 is 1.57 bits per heavy atom. The number of rotatable bonds is 2. The fraction of sp³-hybridized carbons (Fsp3) is 0.455. The van der Waals surface area contributed by atoms with Gasteiger partial charge in [0.05, 0.1) is 6.04 Å². The number of alkyl halides is 2. The van der Waals surface area contributed by atoms with Gasteiger partial charge in [-0.1, -0.05) is 18.7 Å². The summed E-state index contributed by atoms with van der Waals surface area (Å²) in [5.41, 5.74) is 1.82. The van der Waals surface area contributed by atoms with Crippen molar-refractivity contribution in [2.45, 2.75) is 25.8 Å². The van der Waals surface area contributed by atoms with Crippen LogP contribution in [-0.4, -0.2) is 24.4 Å². The summed E-state index contributed by atoms with van der Waals surface area (Å²) < 4.78 is 25.2. The van der Waals surface area contributed by atoms with Crippen LogP contribution in [-0.2, 0) is 0 Å². The summed E-state index contributed by atoms with van der Waals surface area (Å²) in [5.74, 6) is 0. The van der Waals surface area contributed by atoms with Crippen molar-refractivity contribution in [1.82, 2.24) is 4.90 Å². The average molecular weight is 199 g/mol. The SMILES string of the molecule is C=C/C=C1\C(=C/C)CC(C(F)F)N1C. The molecule has 78 valence electrons. The molecule has 1 heterocycles. The molecular weight excluding hydrogens is 184 g/mol. The van der Waals surface area contributed by atoms with Crippen LogP contribution in [0.4, 0.5) is 8.78 Å². The van der Waals surface area contributed by atoms with Crippen molar-refractivity contribution >= 4 is 0 Å². The minimum Gasteiger partial charge on any atom is -0.365 e. The number of halogens is 2. The van der Waals surface area contributed by atoms with E-state index in [1.54, 1.807) is 24.1 Å². The lowest BCUT2D eigenvalue weighted by Crippen LogP contribution is -2.30. The maximum absolute atomic E-state index is 12.6. The van der Waals surface area contributed by atoms with Gasteiger partial charge in [0.15, 0.2) is 0 Å². The standard InChI is InChI=1S/C11H15F2N/c1-4-6-9-8(5-2)7-10(11(12)13)14(9)3/h4-6,10-11H,1,7H2,2-3H3/b8-5-,9-6+. The van der Waals surface area contributed by atoms with Gasteiger partial charge in [0, 0.05) is 12.7 Å². The monoisotopic (exact) mass is 199 g/mol. The molecule has 1 nitrogen and oxygen atoms in total. The number of nitrogens with zero attached hydrogens (tertiary/aromatic N) is 1. The highest BCUT2D eigenvalue weighted by Crippen LogP contribution is 2.33. The molecule has 0 saturated carbocycles. The molecule has 0 aromatic rings. The molecule has 1 fully saturated rings. The minimum atomic E-state index is -2.30. The van der Waals surface area contributed by atoms with E-state index < -0.39 is 12.5 Å². The Bertz CT molecular complexity index is 279. The Morgan fingerprint density at radius 2 is 2.21 bits per heavy atom. The van der Waals surface area contributed by atoms with Crippen molar-refractivity contribution in [3.63, 3.8) is 0 Å². The molecule has 1 aliphatic heterocycles. The summed E-state index contributed by atoms with van der Waals surface area (Å²) in [4.78, 5) is 1.63. The fourth-order valence-corrected chi connectivity index (χ4v) is 1.73. The van der Waals surface area contributed by atoms with Crippen molar-refractivity contribution in [2.24, 2.45) is 0 Å². The molecule has 0 aromatic heterocycles. The number of hydrogen-bond acceptors (Lipinski definition) is 1. The summed E-state index contributed by atoms with van der Waals surface area (Å²) in [7, 11) is 1.70. The fourth-order valence-electron chi connectivity index (χ4n) is 1.73. The largest absolute Gasteiger partial charge is 0.365 e. The summed E-state index contributed by atoms with van der Waals surface area (Å²) in [5, 5.41) is 0. The van der Waals surface area contributed by atoms with Crippen LogP contribution in [0, 0.1) is 0 Å². The van der Waals surface area contributed by atoms with Crippen molar-refractivity contribution in [1.29, 1.82) is 0 Å². The molecule has 0 bridgehead atoms. The third-order valence-corrected chi connectivity index (χ3v) is 2.55. The molecule has 14 heavy (non-hydrogen) atoms. The van der Waals surface area contributed by atoms with E-state index in [0.29, 0.717) is 6.42 Å². The van der Waals surface area contributed by atoms with Crippen LogP contribution >= 0.6 is 0 Å². The molecule has 0 aliphatic carbocycles. The molecule has 0 amide bonds. The van der Waals surface area contributed by atoms with Gasteiger partial charge < -0.3 is 4.90 Å². The first kappa shape index (κ1) is 11.0. The normalized spacial score (nSPS) is 28.1. The van der Waals surface area contributed by atoms with Gasteiger partial charge in [-0.2, -0.15) is 0 Å². The van der Waals surface area contributed by atoms with Gasteiger partial charge in [0.1, 0.15) is 0 Å². The predicted molar refractivity (Wildman–Crippen MR) is 54.2 cm³/mol. The Morgan fingerprint density at radius 3 is 2.64 bits per heavy atom. The molecule has 1 atom stereocenters. The third kappa shape index (κ3) is 1.86. The Balaban J connectivity index is 2.97. The summed E-state index contributed by atoms with van der Waals surface area (Å²) in [6.07, 6.45) is 3.41. The maximum Gasteiger partial charge on any atom is 0.258 e. The van der Waals surface area contributed by atoms with E-state index in [2.05, 4.69) is 6.58 Å². The van der Waals surface area contributed by atoms with E-state index in [1.165, 1.54) is 0 Å². The van der Waals surface area contributed by atoms with Gasteiger partial charge in [-0.3, -0.25) is 0 Å². The van der Waals surface area contributed by atoms with Crippen LogP contribution in [0.3, 0.4) is 0 Å². The predicted octanol–water partition coefficient (Wildman–Crippen LogP) is 2.97. The van der Waals surface area contributed by atoms with Crippen LogP contribution in [0.1, 0.15) is 13.3 Å². The quantitative estimate of drug-likeness (QED) is 0.661. The first-order chi connectivity index (χ1) is 6.61.